The smallest absolute Gasteiger partial charge is 0.127 e. The average molecular weight is 228 g/mol. The third kappa shape index (κ3) is 1.91. The normalized spacial score (nSPS) is 10.4. The van der Waals surface area contributed by atoms with E-state index in [4.69, 9.17) is 11.6 Å². The van der Waals surface area contributed by atoms with Crippen LogP contribution in [0.4, 0.5) is 5.69 Å². The zero-order valence-corrected chi connectivity index (χ0v) is 9.27. The number of thiophene rings is 1. The topological polar surface area (TPSA) is 29.9 Å². The molecular formula is C9H10ClN3S. The fraction of sp³-hybridized carbons (Fsp3) is 0.222. The molecule has 3 nitrogen and oxygen atoms in total. The molecule has 0 fully saturated rings. The van der Waals surface area contributed by atoms with E-state index in [1.165, 1.54) is 11.3 Å². The van der Waals surface area contributed by atoms with Gasteiger partial charge in [0.05, 0.1) is 12.2 Å². The van der Waals surface area contributed by atoms with E-state index >= 15 is 0 Å². The molecule has 0 aromatic carbocycles. The van der Waals surface area contributed by atoms with E-state index in [2.05, 4.69) is 10.3 Å². The summed E-state index contributed by atoms with van der Waals surface area (Å²) in [5.41, 5.74) is 0.972. The fourth-order valence-corrected chi connectivity index (χ4v) is 2.04. The number of halogens is 1. The third-order valence-electron chi connectivity index (χ3n) is 1.98. The van der Waals surface area contributed by atoms with Crippen LogP contribution in [0.1, 0.15) is 5.82 Å². The summed E-state index contributed by atoms with van der Waals surface area (Å²) in [6, 6.07) is 1.97. The van der Waals surface area contributed by atoms with E-state index in [0.29, 0.717) is 6.54 Å². The van der Waals surface area contributed by atoms with Crippen LogP contribution in [0.15, 0.2) is 23.8 Å². The minimum absolute atomic E-state index is 0.694. The standard InChI is InChI=1S/C9H10ClN3S/c1-13-4-3-11-8(13)6-12-7-2-5-14-9(7)10/h2-5,12H,6H2,1H3. The Hall–Kier alpha value is -1.00. The summed E-state index contributed by atoms with van der Waals surface area (Å²) in [6.07, 6.45) is 3.71. The Morgan fingerprint density at radius 1 is 1.64 bits per heavy atom. The number of nitrogens with one attached hydrogen (secondary N) is 1. The maximum atomic E-state index is 5.95. The van der Waals surface area contributed by atoms with Gasteiger partial charge in [-0.05, 0) is 11.4 Å². The minimum Gasteiger partial charge on any atom is -0.376 e. The molecule has 0 aliphatic rings. The van der Waals surface area contributed by atoms with Gasteiger partial charge in [-0.3, -0.25) is 0 Å². The van der Waals surface area contributed by atoms with Crippen LogP contribution in [0, 0.1) is 0 Å². The third-order valence-corrected chi connectivity index (χ3v) is 3.15. The van der Waals surface area contributed by atoms with Crippen molar-refractivity contribution < 1.29 is 0 Å². The Labute approximate surface area is 91.4 Å². The van der Waals surface area contributed by atoms with Gasteiger partial charge in [0, 0.05) is 19.4 Å². The first-order valence-electron chi connectivity index (χ1n) is 4.20. The highest BCUT2D eigenvalue weighted by molar-refractivity contribution is 7.15. The number of anilines is 1. The van der Waals surface area contributed by atoms with E-state index in [0.717, 1.165) is 15.8 Å². The molecule has 2 aromatic heterocycles. The van der Waals surface area contributed by atoms with Crippen LogP contribution in [-0.2, 0) is 13.6 Å². The number of aromatic nitrogens is 2. The van der Waals surface area contributed by atoms with Gasteiger partial charge >= 0.3 is 0 Å². The monoisotopic (exact) mass is 227 g/mol. The molecule has 0 unspecified atom stereocenters. The predicted octanol–water partition coefficient (Wildman–Crippen LogP) is 2.75. The van der Waals surface area contributed by atoms with Gasteiger partial charge in [0.15, 0.2) is 0 Å². The van der Waals surface area contributed by atoms with Gasteiger partial charge in [-0.25, -0.2) is 4.98 Å². The molecule has 2 heterocycles. The van der Waals surface area contributed by atoms with E-state index in [9.17, 15) is 0 Å². The van der Waals surface area contributed by atoms with Crippen molar-refractivity contribution in [3.8, 4) is 0 Å². The molecule has 0 spiro atoms. The number of imidazole rings is 1. The molecule has 0 amide bonds. The predicted molar refractivity (Wildman–Crippen MR) is 59.9 cm³/mol. The minimum atomic E-state index is 0.694. The van der Waals surface area contributed by atoms with Gasteiger partial charge < -0.3 is 9.88 Å². The summed E-state index contributed by atoms with van der Waals surface area (Å²) in [6.45, 7) is 0.694. The van der Waals surface area contributed by atoms with Crippen molar-refractivity contribution in [2.75, 3.05) is 5.32 Å². The number of nitrogens with zero attached hydrogens (tertiary/aromatic N) is 2. The quantitative estimate of drug-likeness (QED) is 0.874. The van der Waals surface area contributed by atoms with Gasteiger partial charge in [-0.15, -0.1) is 11.3 Å². The number of hydrogen-bond acceptors (Lipinski definition) is 3. The number of rotatable bonds is 3. The molecule has 14 heavy (non-hydrogen) atoms. The Balaban J connectivity index is 2.02. The van der Waals surface area contributed by atoms with Crippen molar-refractivity contribution in [2.24, 2.45) is 7.05 Å². The van der Waals surface area contributed by atoms with Crippen molar-refractivity contribution in [2.45, 2.75) is 6.54 Å². The molecule has 2 aromatic rings. The van der Waals surface area contributed by atoms with Gasteiger partial charge in [0.25, 0.3) is 0 Å². The Morgan fingerprint density at radius 2 is 2.50 bits per heavy atom. The van der Waals surface area contributed by atoms with Gasteiger partial charge in [0.2, 0.25) is 0 Å². The highest BCUT2D eigenvalue weighted by Gasteiger charge is 2.02. The molecule has 5 heteroatoms. The van der Waals surface area contributed by atoms with E-state index < -0.39 is 0 Å². The lowest BCUT2D eigenvalue weighted by Gasteiger charge is -2.04. The molecule has 0 saturated heterocycles. The maximum absolute atomic E-state index is 5.95. The van der Waals surface area contributed by atoms with Crippen LogP contribution >= 0.6 is 22.9 Å². The lowest BCUT2D eigenvalue weighted by atomic mass is 10.5. The summed E-state index contributed by atoms with van der Waals surface area (Å²) >= 11 is 7.47. The van der Waals surface area contributed by atoms with Crippen LogP contribution in [0.2, 0.25) is 4.34 Å². The summed E-state index contributed by atoms with van der Waals surface area (Å²) in [4.78, 5) is 4.21. The van der Waals surface area contributed by atoms with Crippen molar-refractivity contribution in [1.29, 1.82) is 0 Å². The summed E-state index contributed by atoms with van der Waals surface area (Å²) < 4.78 is 2.77. The molecule has 2 rings (SSSR count). The van der Waals surface area contributed by atoms with Crippen LogP contribution in [0.5, 0.6) is 0 Å². The number of aryl methyl sites for hydroxylation is 1. The van der Waals surface area contributed by atoms with E-state index in [1.54, 1.807) is 6.20 Å². The van der Waals surface area contributed by atoms with Gasteiger partial charge in [-0.2, -0.15) is 0 Å². The van der Waals surface area contributed by atoms with Gasteiger partial charge in [-0.1, -0.05) is 11.6 Å². The lowest BCUT2D eigenvalue weighted by Crippen LogP contribution is -2.04. The van der Waals surface area contributed by atoms with E-state index in [-0.39, 0.29) is 0 Å². The zero-order chi connectivity index (χ0) is 9.97. The molecule has 1 N–H and O–H groups in total. The second-order valence-electron chi connectivity index (χ2n) is 2.92. The summed E-state index contributed by atoms with van der Waals surface area (Å²) in [5.74, 6) is 0.993. The molecule has 0 bridgehead atoms. The van der Waals surface area contributed by atoms with E-state index in [1.807, 2.05) is 29.3 Å². The number of hydrogen-bond donors (Lipinski definition) is 1. The fourth-order valence-electron chi connectivity index (χ4n) is 1.16. The summed E-state index contributed by atoms with van der Waals surface area (Å²) in [7, 11) is 1.97. The molecule has 0 atom stereocenters. The second-order valence-corrected chi connectivity index (χ2v) is 4.43. The highest BCUT2D eigenvalue weighted by Crippen LogP contribution is 2.27. The largest absolute Gasteiger partial charge is 0.376 e. The van der Waals surface area contributed by atoms with Crippen LogP contribution in [0.3, 0.4) is 0 Å². The molecule has 0 aliphatic carbocycles. The first kappa shape index (κ1) is 9.55. The van der Waals surface area contributed by atoms with Crippen LogP contribution in [0.25, 0.3) is 0 Å². The van der Waals surface area contributed by atoms with Crippen LogP contribution in [-0.4, -0.2) is 9.55 Å². The van der Waals surface area contributed by atoms with Crippen molar-refractivity contribution in [3.05, 3.63) is 34.0 Å². The molecule has 0 aliphatic heterocycles. The Bertz CT molecular complexity index is 381. The van der Waals surface area contributed by atoms with Gasteiger partial charge in [0.1, 0.15) is 10.2 Å². The Morgan fingerprint density at radius 3 is 3.07 bits per heavy atom. The summed E-state index contributed by atoms with van der Waals surface area (Å²) in [5, 5.41) is 5.19. The molecule has 0 radical (unpaired) electrons. The molecule has 0 saturated carbocycles. The van der Waals surface area contributed by atoms with Crippen molar-refractivity contribution in [3.63, 3.8) is 0 Å². The highest BCUT2D eigenvalue weighted by atomic mass is 35.5. The van der Waals surface area contributed by atoms with Crippen LogP contribution < -0.4 is 5.32 Å². The lowest BCUT2D eigenvalue weighted by molar-refractivity contribution is 0.813. The second kappa shape index (κ2) is 4.02. The van der Waals surface area contributed by atoms with Crippen molar-refractivity contribution >= 4 is 28.6 Å². The molecule has 74 valence electrons. The molecular weight excluding hydrogens is 218 g/mol. The first-order chi connectivity index (χ1) is 6.77. The zero-order valence-electron chi connectivity index (χ0n) is 7.70. The maximum Gasteiger partial charge on any atom is 0.127 e. The average Bonchev–Trinajstić information content (AvgIpc) is 2.72. The van der Waals surface area contributed by atoms with Crippen molar-refractivity contribution in [1.82, 2.24) is 9.55 Å². The Kier molecular flexibility index (Phi) is 2.74. The SMILES string of the molecule is Cn1ccnc1CNc1ccsc1Cl. The first-order valence-corrected chi connectivity index (χ1v) is 5.46.